The number of hydrogen-bond donors (Lipinski definition) is 0. The first-order valence-electron chi connectivity index (χ1n) is 25.0. The highest BCUT2D eigenvalue weighted by atomic mass is 15.1. The molecule has 0 aromatic heterocycles. The fourth-order valence-electron chi connectivity index (χ4n) is 13.0. The maximum atomic E-state index is 2.53. The second-order valence-electron chi connectivity index (χ2n) is 20.0. The molecule has 2 nitrogen and oxygen atoms in total. The van der Waals surface area contributed by atoms with Crippen molar-refractivity contribution in [3.8, 4) is 22.3 Å². The van der Waals surface area contributed by atoms with Crippen LogP contribution in [0, 0.1) is 0 Å². The first kappa shape index (κ1) is 38.9. The largest absolute Gasteiger partial charge is 0.310 e. The third-order valence-electron chi connectivity index (χ3n) is 16.3. The van der Waals surface area contributed by atoms with Crippen LogP contribution in [0.1, 0.15) is 24.0 Å². The minimum absolute atomic E-state index is 0.0256. The molecule has 2 aliphatic rings. The van der Waals surface area contributed by atoms with Gasteiger partial charge in [-0.3, -0.25) is 0 Å². The van der Waals surface area contributed by atoms with Crippen molar-refractivity contribution in [2.45, 2.75) is 18.3 Å². The highest BCUT2D eigenvalue weighted by molar-refractivity contribution is 6.27. The van der Waals surface area contributed by atoms with Crippen molar-refractivity contribution in [1.29, 1.82) is 0 Å². The van der Waals surface area contributed by atoms with Crippen LogP contribution < -0.4 is 9.80 Å². The monoisotopic (exact) mass is 900 g/mol. The summed E-state index contributed by atoms with van der Waals surface area (Å²) in [4.78, 5) is 4.92. The van der Waals surface area contributed by atoms with E-state index in [1.54, 1.807) is 0 Å². The lowest BCUT2D eigenvalue weighted by atomic mass is 9.73. The zero-order valence-electron chi connectivity index (χ0n) is 38.9. The van der Waals surface area contributed by atoms with Gasteiger partial charge in [-0.25, -0.2) is 0 Å². The van der Waals surface area contributed by atoms with Crippen LogP contribution in [-0.2, 0) is 5.41 Å². The fourth-order valence-corrected chi connectivity index (χ4v) is 13.0. The predicted molar refractivity (Wildman–Crippen MR) is 302 cm³/mol. The van der Waals surface area contributed by atoms with Gasteiger partial charge in [0.15, 0.2) is 0 Å². The van der Waals surface area contributed by atoms with E-state index in [0.717, 1.165) is 29.9 Å². The van der Waals surface area contributed by atoms with Crippen molar-refractivity contribution >= 4 is 110 Å². The van der Waals surface area contributed by atoms with Crippen molar-refractivity contribution in [2.24, 2.45) is 0 Å². The molecular weight excluding hydrogens is 857 g/mol. The normalized spacial score (nSPS) is 13.6. The van der Waals surface area contributed by atoms with Gasteiger partial charge in [-0.15, -0.1) is 0 Å². The Kier molecular flexibility index (Phi) is 7.96. The SMILES string of the molecule is c1ccc(N(c2ccc(-c3ccc4c5c(cccc35)-c3ccc(N(c5ccccc5)c5ccc6ccc7cccc8ccc5c6c78)cc3C43CC3)cc2)c2ccc3ccc4cccc5ccc2c3c45)cc1. The van der Waals surface area contributed by atoms with Gasteiger partial charge in [-0.1, -0.05) is 182 Å². The summed E-state index contributed by atoms with van der Waals surface area (Å²) < 4.78 is 0. The van der Waals surface area contributed by atoms with Gasteiger partial charge in [0.1, 0.15) is 0 Å². The molecule has 2 heteroatoms. The van der Waals surface area contributed by atoms with Gasteiger partial charge in [0.05, 0.1) is 11.4 Å². The first-order valence-corrected chi connectivity index (χ1v) is 25.0. The van der Waals surface area contributed by atoms with Gasteiger partial charge in [-0.2, -0.15) is 0 Å². The average molecular weight is 901 g/mol. The number of anilines is 6. The Morgan fingerprint density at radius 1 is 0.268 bits per heavy atom. The Morgan fingerprint density at radius 2 is 0.732 bits per heavy atom. The third kappa shape index (κ3) is 5.53. The molecular formula is C69H44N2. The standard InChI is InChI=1S/C69H44N2/c1-3-14-50(15-4-1)70(62-38-28-48-22-20-44-10-7-12-46-26-33-58(62)66(48)64(44)46)52-30-24-43(25-31-52)54-36-37-60-68-56(54)18-9-19-57(68)55-35-32-53(42-61(55)69(60)40-41-69)71(51-16-5-2-6-17-51)63-39-29-49-23-21-45-11-8-13-47-27-34-59(63)67(49)65(45)47/h1-39,42H,40-41H2. The van der Waals surface area contributed by atoms with Gasteiger partial charge < -0.3 is 9.80 Å². The van der Waals surface area contributed by atoms with E-state index in [1.165, 1.54) is 126 Å². The van der Waals surface area contributed by atoms with Crippen molar-refractivity contribution in [3.05, 3.63) is 254 Å². The van der Waals surface area contributed by atoms with Crippen molar-refractivity contribution in [1.82, 2.24) is 0 Å². The van der Waals surface area contributed by atoms with Crippen LogP contribution in [0.15, 0.2) is 243 Å². The zero-order chi connectivity index (χ0) is 46.4. The van der Waals surface area contributed by atoms with Crippen molar-refractivity contribution in [3.63, 3.8) is 0 Å². The molecule has 0 heterocycles. The summed E-state index contributed by atoms with van der Waals surface area (Å²) in [6.07, 6.45) is 2.28. The highest BCUT2D eigenvalue weighted by Crippen LogP contribution is 2.63. The lowest BCUT2D eigenvalue weighted by molar-refractivity contribution is 0.853. The Balaban J connectivity index is 0.818. The maximum Gasteiger partial charge on any atom is 0.0540 e. The summed E-state index contributed by atoms with van der Waals surface area (Å²) >= 11 is 0. The molecule has 1 saturated carbocycles. The van der Waals surface area contributed by atoms with E-state index in [1.807, 2.05) is 0 Å². The molecule has 0 radical (unpaired) electrons. The molecule has 14 aromatic rings. The van der Waals surface area contributed by atoms with Crippen LogP contribution in [0.2, 0.25) is 0 Å². The fraction of sp³-hybridized carbons (Fsp3) is 0.0435. The molecule has 2 aliphatic carbocycles. The zero-order valence-corrected chi connectivity index (χ0v) is 38.9. The first-order chi connectivity index (χ1) is 35.2. The van der Waals surface area contributed by atoms with E-state index in [2.05, 4.69) is 252 Å². The quantitative estimate of drug-likeness (QED) is 0.147. The van der Waals surface area contributed by atoms with E-state index < -0.39 is 0 Å². The molecule has 71 heavy (non-hydrogen) atoms. The van der Waals surface area contributed by atoms with Crippen LogP contribution in [0.5, 0.6) is 0 Å². The average Bonchev–Trinajstić information content (AvgIpc) is 4.24. The number of hydrogen-bond acceptors (Lipinski definition) is 2. The minimum Gasteiger partial charge on any atom is -0.310 e. The van der Waals surface area contributed by atoms with Gasteiger partial charge in [-0.05, 0) is 172 Å². The number of rotatable bonds is 7. The van der Waals surface area contributed by atoms with Gasteiger partial charge in [0.2, 0.25) is 0 Å². The summed E-state index contributed by atoms with van der Waals surface area (Å²) in [6.45, 7) is 0. The lowest BCUT2D eigenvalue weighted by Gasteiger charge is -2.33. The summed E-state index contributed by atoms with van der Waals surface area (Å²) in [5.74, 6) is 0. The number of benzene rings is 14. The Hall–Kier alpha value is -8.98. The molecule has 14 aromatic carbocycles. The van der Waals surface area contributed by atoms with E-state index in [-0.39, 0.29) is 5.41 Å². The highest BCUT2D eigenvalue weighted by Gasteiger charge is 2.50. The van der Waals surface area contributed by atoms with Crippen LogP contribution in [0.25, 0.3) is 97.7 Å². The van der Waals surface area contributed by atoms with Crippen LogP contribution >= 0.6 is 0 Å². The van der Waals surface area contributed by atoms with E-state index in [9.17, 15) is 0 Å². The molecule has 0 saturated heterocycles. The molecule has 0 N–H and O–H groups in total. The minimum atomic E-state index is -0.0256. The molecule has 16 rings (SSSR count). The van der Waals surface area contributed by atoms with E-state index >= 15 is 0 Å². The van der Waals surface area contributed by atoms with Crippen LogP contribution in [0.3, 0.4) is 0 Å². The molecule has 0 unspecified atom stereocenters. The van der Waals surface area contributed by atoms with E-state index in [4.69, 9.17) is 0 Å². The predicted octanol–water partition coefficient (Wildman–Crippen LogP) is 19.3. The van der Waals surface area contributed by atoms with E-state index in [0.29, 0.717) is 0 Å². The topological polar surface area (TPSA) is 6.48 Å². The summed E-state index contributed by atoms with van der Waals surface area (Å²) in [5.41, 5.74) is 15.0. The van der Waals surface area contributed by atoms with Gasteiger partial charge >= 0.3 is 0 Å². The molecule has 1 fully saturated rings. The summed E-state index contributed by atoms with van der Waals surface area (Å²) in [7, 11) is 0. The Bertz CT molecular complexity index is 4420. The number of para-hydroxylation sites is 2. The Morgan fingerprint density at radius 3 is 1.30 bits per heavy atom. The summed E-state index contributed by atoms with van der Waals surface area (Å²) in [6, 6.07) is 91.1. The van der Waals surface area contributed by atoms with Crippen LogP contribution in [-0.4, -0.2) is 0 Å². The number of fused-ring (bicyclic) bond motifs is 4. The molecule has 330 valence electrons. The third-order valence-corrected chi connectivity index (χ3v) is 16.3. The lowest BCUT2D eigenvalue weighted by Crippen LogP contribution is -2.17. The Labute approximate surface area is 411 Å². The molecule has 1 spiro atoms. The molecule has 0 aliphatic heterocycles. The second-order valence-corrected chi connectivity index (χ2v) is 20.0. The van der Waals surface area contributed by atoms with Crippen molar-refractivity contribution in [2.75, 3.05) is 9.80 Å². The molecule has 0 atom stereocenters. The number of nitrogens with zero attached hydrogens (tertiary/aromatic N) is 2. The van der Waals surface area contributed by atoms with Gasteiger partial charge in [0.25, 0.3) is 0 Å². The second kappa shape index (κ2) is 14.5. The molecule has 0 bridgehead atoms. The van der Waals surface area contributed by atoms with Crippen molar-refractivity contribution < 1.29 is 0 Å². The smallest absolute Gasteiger partial charge is 0.0540 e. The summed E-state index contributed by atoms with van der Waals surface area (Å²) in [5, 5.41) is 18.2. The molecule has 0 amide bonds. The maximum absolute atomic E-state index is 2.53. The van der Waals surface area contributed by atoms with Crippen LogP contribution in [0.4, 0.5) is 34.1 Å². The van der Waals surface area contributed by atoms with Gasteiger partial charge in [0, 0.05) is 38.9 Å².